The van der Waals surface area contributed by atoms with Crippen LogP contribution in [0.1, 0.15) is 5.56 Å². The number of hydrogen-bond acceptors (Lipinski definition) is 1. The van der Waals surface area contributed by atoms with E-state index in [1.54, 1.807) is 19.1 Å². The molecule has 0 aliphatic carbocycles. The van der Waals surface area contributed by atoms with Crippen LogP contribution in [-0.2, 0) is 0 Å². The normalized spacial score (nSPS) is 9.77. The van der Waals surface area contributed by atoms with Crippen molar-refractivity contribution >= 4 is 11.6 Å². The van der Waals surface area contributed by atoms with Gasteiger partial charge in [-0.3, -0.25) is 0 Å². The SMILES string of the molecule is C=C(Cl)COc1ccc(F)c(C)c1. The minimum absolute atomic E-state index is 0.239. The highest BCUT2D eigenvalue weighted by Crippen LogP contribution is 2.16. The lowest BCUT2D eigenvalue weighted by atomic mass is 10.2. The third-order valence-corrected chi connectivity index (χ3v) is 1.63. The summed E-state index contributed by atoms with van der Waals surface area (Å²) in [6.45, 7) is 5.40. The second-order valence-electron chi connectivity index (χ2n) is 2.72. The highest BCUT2D eigenvalue weighted by atomic mass is 35.5. The summed E-state index contributed by atoms with van der Waals surface area (Å²) in [5, 5.41) is 0.418. The Hall–Kier alpha value is -1.02. The Bertz CT molecular complexity index is 323. The van der Waals surface area contributed by atoms with Crippen LogP contribution >= 0.6 is 11.6 Å². The predicted molar refractivity (Wildman–Crippen MR) is 51.6 cm³/mol. The molecule has 0 saturated carbocycles. The summed E-state index contributed by atoms with van der Waals surface area (Å²) in [5.74, 6) is 0.359. The van der Waals surface area contributed by atoms with E-state index in [-0.39, 0.29) is 12.4 Å². The van der Waals surface area contributed by atoms with Crippen molar-refractivity contribution in [3.63, 3.8) is 0 Å². The van der Waals surface area contributed by atoms with Gasteiger partial charge in [-0.05, 0) is 30.7 Å². The van der Waals surface area contributed by atoms with Crippen molar-refractivity contribution < 1.29 is 9.13 Å². The molecular formula is C10H10ClFO. The van der Waals surface area contributed by atoms with E-state index in [2.05, 4.69) is 6.58 Å². The quantitative estimate of drug-likeness (QED) is 0.728. The van der Waals surface area contributed by atoms with Gasteiger partial charge in [0.1, 0.15) is 18.2 Å². The van der Waals surface area contributed by atoms with Gasteiger partial charge in [-0.1, -0.05) is 18.2 Å². The molecule has 0 heterocycles. The topological polar surface area (TPSA) is 9.23 Å². The minimum Gasteiger partial charge on any atom is -0.488 e. The van der Waals surface area contributed by atoms with Crippen LogP contribution in [-0.4, -0.2) is 6.61 Å². The average molecular weight is 201 g/mol. The molecule has 0 aliphatic rings. The van der Waals surface area contributed by atoms with E-state index in [1.165, 1.54) is 6.07 Å². The number of rotatable bonds is 3. The molecule has 13 heavy (non-hydrogen) atoms. The van der Waals surface area contributed by atoms with E-state index in [0.717, 1.165) is 0 Å². The summed E-state index contributed by atoms with van der Waals surface area (Å²) >= 11 is 5.51. The Balaban J connectivity index is 2.68. The molecule has 0 atom stereocenters. The van der Waals surface area contributed by atoms with Crippen molar-refractivity contribution in [2.45, 2.75) is 6.92 Å². The fourth-order valence-corrected chi connectivity index (χ4v) is 0.923. The van der Waals surface area contributed by atoms with Crippen LogP contribution in [0, 0.1) is 12.7 Å². The molecule has 0 aromatic heterocycles. The van der Waals surface area contributed by atoms with Gasteiger partial charge in [0.05, 0.1) is 0 Å². The fourth-order valence-electron chi connectivity index (χ4n) is 0.869. The molecule has 0 fully saturated rings. The molecular weight excluding hydrogens is 191 g/mol. The summed E-state index contributed by atoms with van der Waals surface area (Å²) in [6.07, 6.45) is 0. The van der Waals surface area contributed by atoms with Gasteiger partial charge in [0.2, 0.25) is 0 Å². The molecule has 3 heteroatoms. The van der Waals surface area contributed by atoms with Crippen molar-refractivity contribution in [2.24, 2.45) is 0 Å². The van der Waals surface area contributed by atoms with E-state index < -0.39 is 0 Å². The van der Waals surface area contributed by atoms with Gasteiger partial charge in [-0.25, -0.2) is 4.39 Å². The van der Waals surface area contributed by atoms with Gasteiger partial charge >= 0.3 is 0 Å². The zero-order chi connectivity index (χ0) is 9.84. The Labute approximate surface area is 81.8 Å². The molecule has 0 unspecified atom stereocenters. The van der Waals surface area contributed by atoms with E-state index >= 15 is 0 Å². The molecule has 0 spiro atoms. The second kappa shape index (κ2) is 4.28. The van der Waals surface area contributed by atoms with Gasteiger partial charge in [0, 0.05) is 5.03 Å². The Morgan fingerprint density at radius 2 is 2.31 bits per heavy atom. The molecule has 0 aliphatic heterocycles. The molecule has 0 saturated heterocycles. The summed E-state index contributed by atoms with van der Waals surface area (Å²) < 4.78 is 18.0. The number of benzene rings is 1. The first-order valence-corrected chi connectivity index (χ1v) is 4.19. The monoisotopic (exact) mass is 200 g/mol. The maximum absolute atomic E-state index is 12.8. The van der Waals surface area contributed by atoms with Crippen LogP contribution in [0.4, 0.5) is 4.39 Å². The Morgan fingerprint density at radius 1 is 1.62 bits per heavy atom. The molecule has 1 aromatic carbocycles. The lowest BCUT2D eigenvalue weighted by Crippen LogP contribution is -1.96. The number of ether oxygens (including phenoxy) is 1. The van der Waals surface area contributed by atoms with Gasteiger partial charge in [-0.2, -0.15) is 0 Å². The molecule has 0 N–H and O–H groups in total. The summed E-state index contributed by atoms with van der Waals surface area (Å²) in [7, 11) is 0. The third kappa shape index (κ3) is 3.07. The van der Waals surface area contributed by atoms with Crippen molar-refractivity contribution in [2.75, 3.05) is 6.61 Å². The van der Waals surface area contributed by atoms with Gasteiger partial charge in [0.25, 0.3) is 0 Å². The van der Waals surface area contributed by atoms with Crippen LogP contribution in [0.2, 0.25) is 0 Å². The van der Waals surface area contributed by atoms with E-state index in [1.807, 2.05) is 0 Å². The van der Waals surface area contributed by atoms with E-state index in [9.17, 15) is 4.39 Å². The van der Waals surface area contributed by atoms with E-state index in [0.29, 0.717) is 16.3 Å². The van der Waals surface area contributed by atoms with E-state index in [4.69, 9.17) is 16.3 Å². The van der Waals surface area contributed by atoms with Crippen molar-refractivity contribution in [3.8, 4) is 5.75 Å². The van der Waals surface area contributed by atoms with Crippen LogP contribution in [0.25, 0.3) is 0 Å². The lowest BCUT2D eigenvalue weighted by Gasteiger charge is -2.05. The van der Waals surface area contributed by atoms with Gasteiger partial charge in [0.15, 0.2) is 0 Å². The summed E-state index contributed by atoms with van der Waals surface area (Å²) in [4.78, 5) is 0. The summed E-state index contributed by atoms with van der Waals surface area (Å²) in [6, 6.07) is 4.54. The first kappa shape index (κ1) is 10.1. The largest absolute Gasteiger partial charge is 0.488 e. The van der Waals surface area contributed by atoms with Crippen LogP contribution in [0.3, 0.4) is 0 Å². The van der Waals surface area contributed by atoms with Crippen molar-refractivity contribution in [1.82, 2.24) is 0 Å². The standard InChI is InChI=1S/C10H10ClFO/c1-7-5-9(3-4-10(7)12)13-6-8(2)11/h3-5H,2,6H2,1H3. The highest BCUT2D eigenvalue weighted by molar-refractivity contribution is 6.29. The van der Waals surface area contributed by atoms with Crippen molar-refractivity contribution in [3.05, 3.63) is 41.2 Å². The first-order valence-electron chi connectivity index (χ1n) is 3.82. The molecule has 1 nitrogen and oxygen atoms in total. The third-order valence-electron chi connectivity index (χ3n) is 1.52. The van der Waals surface area contributed by atoms with Crippen LogP contribution in [0.15, 0.2) is 29.8 Å². The maximum atomic E-state index is 12.8. The molecule has 70 valence electrons. The van der Waals surface area contributed by atoms with Crippen LogP contribution < -0.4 is 4.74 Å². The zero-order valence-corrected chi connectivity index (χ0v) is 8.07. The molecule has 1 rings (SSSR count). The second-order valence-corrected chi connectivity index (χ2v) is 3.25. The molecule has 0 bridgehead atoms. The predicted octanol–water partition coefficient (Wildman–Crippen LogP) is 3.27. The van der Waals surface area contributed by atoms with Crippen LogP contribution in [0.5, 0.6) is 5.75 Å². The Morgan fingerprint density at radius 3 is 2.85 bits per heavy atom. The zero-order valence-electron chi connectivity index (χ0n) is 7.31. The highest BCUT2D eigenvalue weighted by Gasteiger charge is 1.99. The summed E-state index contributed by atoms with van der Waals surface area (Å²) in [5.41, 5.74) is 0.553. The maximum Gasteiger partial charge on any atom is 0.126 e. The van der Waals surface area contributed by atoms with Gasteiger partial charge < -0.3 is 4.74 Å². The lowest BCUT2D eigenvalue weighted by molar-refractivity contribution is 0.358. The number of aryl methyl sites for hydroxylation is 1. The minimum atomic E-state index is -0.239. The smallest absolute Gasteiger partial charge is 0.126 e. The number of halogens is 2. The first-order chi connectivity index (χ1) is 6.09. The Kier molecular flexibility index (Phi) is 3.32. The molecule has 1 aromatic rings. The van der Waals surface area contributed by atoms with Gasteiger partial charge in [-0.15, -0.1) is 0 Å². The molecule has 0 radical (unpaired) electrons. The number of hydrogen-bond donors (Lipinski definition) is 0. The fraction of sp³-hybridized carbons (Fsp3) is 0.200. The van der Waals surface area contributed by atoms with Crippen molar-refractivity contribution in [1.29, 1.82) is 0 Å². The average Bonchev–Trinajstić information content (AvgIpc) is 2.07. The molecule has 0 amide bonds.